The molecule has 1 aromatic heterocycles. The van der Waals surface area contributed by atoms with E-state index in [0.717, 1.165) is 31.6 Å². The Morgan fingerprint density at radius 1 is 1.12 bits per heavy atom. The zero-order valence-electron chi connectivity index (χ0n) is 15.7. The quantitative estimate of drug-likeness (QED) is 0.778. The molecule has 5 nitrogen and oxygen atoms in total. The SMILES string of the molecule is CCN(CC)c1ccc(Nc2cc(C(=O)NC3CCCC3)ccn2)cc1. The number of amides is 1. The van der Waals surface area contributed by atoms with Crippen molar-refractivity contribution in [1.29, 1.82) is 0 Å². The summed E-state index contributed by atoms with van der Waals surface area (Å²) in [7, 11) is 0. The number of anilines is 3. The highest BCUT2D eigenvalue weighted by atomic mass is 16.1. The molecule has 0 bridgehead atoms. The van der Waals surface area contributed by atoms with Crippen molar-refractivity contribution in [3.8, 4) is 0 Å². The molecule has 1 fully saturated rings. The second kappa shape index (κ2) is 8.70. The maximum absolute atomic E-state index is 12.4. The van der Waals surface area contributed by atoms with Gasteiger partial charge < -0.3 is 15.5 Å². The zero-order valence-corrected chi connectivity index (χ0v) is 15.7. The highest BCUT2D eigenvalue weighted by Gasteiger charge is 2.18. The van der Waals surface area contributed by atoms with Crippen molar-refractivity contribution in [2.75, 3.05) is 23.3 Å². The molecule has 2 N–H and O–H groups in total. The molecule has 0 saturated heterocycles. The van der Waals surface area contributed by atoms with Crippen LogP contribution in [0.2, 0.25) is 0 Å². The van der Waals surface area contributed by atoms with E-state index < -0.39 is 0 Å². The van der Waals surface area contributed by atoms with Gasteiger partial charge in [-0.05, 0) is 63.1 Å². The molecule has 1 saturated carbocycles. The Balaban J connectivity index is 1.65. The Morgan fingerprint density at radius 2 is 1.81 bits per heavy atom. The molecule has 0 aliphatic heterocycles. The minimum absolute atomic E-state index is 0.0146. The number of rotatable bonds is 7. The highest BCUT2D eigenvalue weighted by molar-refractivity contribution is 5.95. The number of nitrogens with zero attached hydrogens (tertiary/aromatic N) is 2. The lowest BCUT2D eigenvalue weighted by Gasteiger charge is -2.21. The summed E-state index contributed by atoms with van der Waals surface area (Å²) in [5.74, 6) is 0.666. The summed E-state index contributed by atoms with van der Waals surface area (Å²) in [4.78, 5) is 19.1. The zero-order chi connectivity index (χ0) is 18.4. The van der Waals surface area contributed by atoms with Crippen molar-refractivity contribution < 1.29 is 4.79 Å². The van der Waals surface area contributed by atoms with E-state index >= 15 is 0 Å². The van der Waals surface area contributed by atoms with Crippen molar-refractivity contribution >= 4 is 23.1 Å². The van der Waals surface area contributed by atoms with Crippen molar-refractivity contribution in [1.82, 2.24) is 10.3 Å². The number of pyridine rings is 1. The molecule has 2 aromatic rings. The van der Waals surface area contributed by atoms with Gasteiger partial charge in [0.05, 0.1) is 0 Å². The molecule has 3 rings (SSSR count). The Kier molecular flexibility index (Phi) is 6.10. The molecule has 0 radical (unpaired) electrons. The van der Waals surface area contributed by atoms with Crippen LogP contribution in [0.1, 0.15) is 49.9 Å². The lowest BCUT2D eigenvalue weighted by molar-refractivity contribution is 0.0938. The molecule has 0 spiro atoms. The lowest BCUT2D eigenvalue weighted by atomic mass is 10.2. The Hall–Kier alpha value is -2.56. The van der Waals surface area contributed by atoms with E-state index in [9.17, 15) is 4.79 Å². The fourth-order valence-electron chi connectivity index (χ4n) is 3.47. The van der Waals surface area contributed by atoms with Gasteiger partial charge in [0.15, 0.2) is 0 Å². The van der Waals surface area contributed by atoms with Crippen LogP contribution in [0.3, 0.4) is 0 Å². The summed E-state index contributed by atoms with van der Waals surface area (Å²) in [6, 6.07) is 12.2. The monoisotopic (exact) mass is 352 g/mol. The fraction of sp³-hybridized carbons (Fsp3) is 0.429. The summed E-state index contributed by atoms with van der Waals surface area (Å²) in [6.07, 6.45) is 6.26. The number of carbonyl (C=O) groups is 1. The topological polar surface area (TPSA) is 57.3 Å². The number of nitrogens with one attached hydrogen (secondary N) is 2. The first-order chi connectivity index (χ1) is 12.7. The Labute approximate surface area is 155 Å². The normalized spacial score (nSPS) is 14.2. The molecule has 1 aliphatic carbocycles. The second-order valence-corrected chi connectivity index (χ2v) is 6.73. The minimum Gasteiger partial charge on any atom is -0.372 e. The van der Waals surface area contributed by atoms with Gasteiger partial charge in [0, 0.05) is 42.3 Å². The maximum Gasteiger partial charge on any atom is 0.251 e. The van der Waals surface area contributed by atoms with Crippen LogP contribution >= 0.6 is 0 Å². The average molecular weight is 352 g/mol. The van der Waals surface area contributed by atoms with Gasteiger partial charge in [-0.3, -0.25) is 4.79 Å². The first-order valence-electron chi connectivity index (χ1n) is 9.58. The van der Waals surface area contributed by atoms with Crippen molar-refractivity contribution in [3.63, 3.8) is 0 Å². The highest BCUT2D eigenvalue weighted by Crippen LogP contribution is 2.21. The lowest BCUT2D eigenvalue weighted by Crippen LogP contribution is -2.32. The Bertz CT molecular complexity index is 719. The van der Waals surface area contributed by atoms with Gasteiger partial charge in [-0.2, -0.15) is 0 Å². The summed E-state index contributed by atoms with van der Waals surface area (Å²) in [6.45, 7) is 6.29. The van der Waals surface area contributed by atoms with Crippen LogP contribution in [0.25, 0.3) is 0 Å². The third-order valence-electron chi connectivity index (χ3n) is 4.98. The summed E-state index contributed by atoms with van der Waals surface area (Å²) >= 11 is 0. The molecule has 1 amide bonds. The maximum atomic E-state index is 12.4. The molecule has 1 aliphatic rings. The number of carbonyl (C=O) groups excluding carboxylic acids is 1. The first kappa shape index (κ1) is 18.2. The van der Waals surface area contributed by atoms with Crippen LogP contribution in [0.5, 0.6) is 0 Å². The largest absolute Gasteiger partial charge is 0.372 e. The van der Waals surface area contributed by atoms with Crippen LogP contribution in [-0.2, 0) is 0 Å². The van der Waals surface area contributed by atoms with Crippen LogP contribution in [-0.4, -0.2) is 30.0 Å². The van der Waals surface area contributed by atoms with E-state index in [1.165, 1.54) is 18.5 Å². The molecular formula is C21H28N4O. The van der Waals surface area contributed by atoms with Crippen LogP contribution < -0.4 is 15.5 Å². The van der Waals surface area contributed by atoms with Gasteiger partial charge in [-0.25, -0.2) is 4.98 Å². The van der Waals surface area contributed by atoms with E-state index in [2.05, 4.69) is 46.5 Å². The molecule has 1 heterocycles. The predicted octanol–water partition coefficient (Wildman–Crippen LogP) is 4.34. The third-order valence-corrected chi connectivity index (χ3v) is 4.98. The van der Waals surface area contributed by atoms with Crippen molar-refractivity contribution in [3.05, 3.63) is 48.2 Å². The van der Waals surface area contributed by atoms with Gasteiger partial charge in [-0.15, -0.1) is 0 Å². The van der Waals surface area contributed by atoms with E-state index in [-0.39, 0.29) is 5.91 Å². The van der Waals surface area contributed by atoms with Gasteiger partial charge in [0.2, 0.25) is 0 Å². The fourth-order valence-corrected chi connectivity index (χ4v) is 3.47. The number of aromatic nitrogens is 1. The number of hydrogen-bond donors (Lipinski definition) is 2. The van der Waals surface area contributed by atoms with Crippen LogP contribution in [0.4, 0.5) is 17.2 Å². The van der Waals surface area contributed by atoms with E-state index in [4.69, 9.17) is 0 Å². The first-order valence-corrected chi connectivity index (χ1v) is 9.58. The molecule has 26 heavy (non-hydrogen) atoms. The number of benzene rings is 1. The van der Waals surface area contributed by atoms with Gasteiger partial charge >= 0.3 is 0 Å². The van der Waals surface area contributed by atoms with Gasteiger partial charge in [0.1, 0.15) is 5.82 Å². The molecule has 5 heteroatoms. The predicted molar refractivity (Wildman–Crippen MR) is 107 cm³/mol. The van der Waals surface area contributed by atoms with Crippen molar-refractivity contribution in [2.24, 2.45) is 0 Å². The van der Waals surface area contributed by atoms with Crippen LogP contribution in [0, 0.1) is 0 Å². The van der Waals surface area contributed by atoms with Gasteiger partial charge in [0.25, 0.3) is 5.91 Å². The third kappa shape index (κ3) is 4.54. The van der Waals surface area contributed by atoms with E-state index in [0.29, 0.717) is 17.4 Å². The molecular weight excluding hydrogens is 324 g/mol. The molecule has 138 valence electrons. The molecule has 0 atom stereocenters. The Morgan fingerprint density at radius 3 is 2.46 bits per heavy atom. The standard InChI is InChI=1S/C21H28N4O/c1-3-25(4-2)19-11-9-18(10-12-19)23-20-15-16(13-14-22-20)21(26)24-17-7-5-6-8-17/h9-15,17H,3-8H2,1-2H3,(H,22,23)(H,24,26). The number of hydrogen-bond acceptors (Lipinski definition) is 4. The van der Waals surface area contributed by atoms with Crippen molar-refractivity contribution in [2.45, 2.75) is 45.6 Å². The minimum atomic E-state index is -0.0146. The van der Waals surface area contributed by atoms with E-state index in [1.807, 2.05) is 18.2 Å². The van der Waals surface area contributed by atoms with Gasteiger partial charge in [-0.1, -0.05) is 12.8 Å². The average Bonchev–Trinajstić information content (AvgIpc) is 3.17. The summed E-state index contributed by atoms with van der Waals surface area (Å²) in [5.41, 5.74) is 2.81. The smallest absolute Gasteiger partial charge is 0.251 e. The summed E-state index contributed by atoms with van der Waals surface area (Å²) in [5, 5.41) is 6.40. The second-order valence-electron chi connectivity index (χ2n) is 6.73. The molecule has 1 aromatic carbocycles. The molecule has 0 unspecified atom stereocenters. The van der Waals surface area contributed by atoms with E-state index in [1.54, 1.807) is 12.3 Å². The summed E-state index contributed by atoms with van der Waals surface area (Å²) < 4.78 is 0. The van der Waals surface area contributed by atoms with Crippen LogP contribution in [0.15, 0.2) is 42.6 Å².